The highest BCUT2D eigenvalue weighted by atomic mass is 35.5. The maximum atomic E-state index is 12.6. The van der Waals surface area contributed by atoms with Gasteiger partial charge in [0.15, 0.2) is 0 Å². The molecular formula is C12H17ClF3NO. The lowest BCUT2D eigenvalue weighted by Gasteiger charge is -2.21. The van der Waals surface area contributed by atoms with E-state index in [1.807, 2.05) is 6.92 Å². The molecule has 0 aliphatic heterocycles. The zero-order valence-corrected chi connectivity index (χ0v) is 11.0. The molecule has 0 aliphatic rings. The van der Waals surface area contributed by atoms with E-state index >= 15 is 0 Å². The number of hydrogen-bond acceptors (Lipinski definition) is 2. The van der Waals surface area contributed by atoms with Crippen molar-refractivity contribution in [2.24, 2.45) is 5.73 Å². The van der Waals surface area contributed by atoms with Gasteiger partial charge in [0.1, 0.15) is 11.8 Å². The highest BCUT2D eigenvalue weighted by Crippen LogP contribution is 2.35. The number of ether oxygens (including phenoxy) is 1. The molecule has 104 valence electrons. The molecule has 1 unspecified atom stereocenters. The molecule has 0 aliphatic carbocycles. The van der Waals surface area contributed by atoms with Gasteiger partial charge >= 0.3 is 6.18 Å². The smallest absolute Gasteiger partial charge is 0.407 e. The lowest BCUT2D eigenvalue weighted by atomic mass is 10.1. The van der Waals surface area contributed by atoms with Gasteiger partial charge in [0, 0.05) is 5.56 Å². The third kappa shape index (κ3) is 4.38. The van der Waals surface area contributed by atoms with Gasteiger partial charge in [-0.15, -0.1) is 12.4 Å². The van der Waals surface area contributed by atoms with Crippen LogP contribution in [0, 0.1) is 0 Å². The quantitative estimate of drug-likeness (QED) is 0.911. The number of nitrogens with two attached hydrogens (primary N) is 1. The third-order valence-electron chi connectivity index (χ3n) is 2.51. The minimum absolute atomic E-state index is 0. The zero-order chi connectivity index (χ0) is 13.1. The molecule has 0 saturated heterocycles. The second-order valence-corrected chi connectivity index (χ2v) is 3.89. The molecule has 0 heterocycles. The SMILES string of the molecule is CCC(C)Oc1ccccc1[C@H](N)C(F)(F)F.Cl. The Bertz CT molecular complexity index is 371. The van der Waals surface area contributed by atoms with Crippen molar-refractivity contribution < 1.29 is 17.9 Å². The summed E-state index contributed by atoms with van der Waals surface area (Å²) in [6.07, 6.45) is -3.89. The Morgan fingerprint density at radius 2 is 1.83 bits per heavy atom. The molecule has 0 radical (unpaired) electrons. The molecule has 0 spiro atoms. The van der Waals surface area contributed by atoms with E-state index in [0.29, 0.717) is 0 Å². The summed E-state index contributed by atoms with van der Waals surface area (Å²) < 4.78 is 43.1. The van der Waals surface area contributed by atoms with Gasteiger partial charge in [0.2, 0.25) is 0 Å². The fourth-order valence-electron chi connectivity index (χ4n) is 1.32. The molecule has 0 fully saturated rings. The summed E-state index contributed by atoms with van der Waals surface area (Å²) in [5.74, 6) is 0.201. The van der Waals surface area contributed by atoms with Crippen molar-refractivity contribution in [3.63, 3.8) is 0 Å². The number of hydrogen-bond donors (Lipinski definition) is 1. The molecule has 0 aromatic heterocycles. The molecule has 1 aromatic carbocycles. The fourth-order valence-corrected chi connectivity index (χ4v) is 1.32. The van der Waals surface area contributed by atoms with Crippen LogP contribution in [0.15, 0.2) is 24.3 Å². The van der Waals surface area contributed by atoms with Crippen LogP contribution in [-0.2, 0) is 0 Å². The number of benzene rings is 1. The minimum atomic E-state index is -4.46. The van der Waals surface area contributed by atoms with Gasteiger partial charge in [-0.1, -0.05) is 25.1 Å². The van der Waals surface area contributed by atoms with E-state index < -0.39 is 12.2 Å². The van der Waals surface area contributed by atoms with Gasteiger partial charge in [0.05, 0.1) is 6.10 Å². The second-order valence-electron chi connectivity index (χ2n) is 3.89. The molecule has 2 N–H and O–H groups in total. The summed E-state index contributed by atoms with van der Waals surface area (Å²) in [7, 11) is 0. The van der Waals surface area contributed by atoms with Crippen molar-refractivity contribution in [2.45, 2.75) is 38.6 Å². The van der Waals surface area contributed by atoms with Crippen molar-refractivity contribution in [2.75, 3.05) is 0 Å². The lowest BCUT2D eigenvalue weighted by molar-refractivity contribution is -0.149. The normalized spacial score (nSPS) is 14.6. The Labute approximate surface area is 111 Å². The predicted octanol–water partition coefficient (Wildman–Crippen LogP) is 3.85. The maximum Gasteiger partial charge on any atom is 0.407 e. The number of halogens is 4. The molecule has 6 heteroatoms. The summed E-state index contributed by atoms with van der Waals surface area (Å²) in [5.41, 5.74) is 5.16. The monoisotopic (exact) mass is 283 g/mol. The van der Waals surface area contributed by atoms with E-state index in [0.717, 1.165) is 6.42 Å². The number of rotatable bonds is 4. The highest BCUT2D eigenvalue weighted by molar-refractivity contribution is 5.85. The van der Waals surface area contributed by atoms with Crippen LogP contribution in [0.5, 0.6) is 5.75 Å². The maximum absolute atomic E-state index is 12.6. The van der Waals surface area contributed by atoms with Crippen molar-refractivity contribution >= 4 is 12.4 Å². The van der Waals surface area contributed by atoms with Crippen LogP contribution >= 0.6 is 12.4 Å². The Kier molecular flexibility index (Phi) is 6.49. The molecule has 1 rings (SSSR count). The van der Waals surface area contributed by atoms with Gasteiger partial charge in [-0.25, -0.2) is 0 Å². The molecule has 2 atom stereocenters. The molecule has 0 bridgehead atoms. The Morgan fingerprint density at radius 1 is 1.28 bits per heavy atom. The predicted molar refractivity (Wildman–Crippen MR) is 67.1 cm³/mol. The van der Waals surface area contributed by atoms with Crippen LogP contribution in [-0.4, -0.2) is 12.3 Å². The number of alkyl halides is 3. The van der Waals surface area contributed by atoms with E-state index in [9.17, 15) is 13.2 Å². The summed E-state index contributed by atoms with van der Waals surface area (Å²) in [6.45, 7) is 3.70. The Hall–Kier alpha value is -0.940. The van der Waals surface area contributed by atoms with Crippen molar-refractivity contribution in [3.05, 3.63) is 29.8 Å². The molecule has 18 heavy (non-hydrogen) atoms. The van der Waals surface area contributed by atoms with Crippen molar-refractivity contribution in [3.8, 4) is 5.75 Å². The first-order valence-electron chi connectivity index (χ1n) is 5.44. The third-order valence-corrected chi connectivity index (χ3v) is 2.51. The summed E-state index contributed by atoms with van der Waals surface area (Å²) in [5, 5.41) is 0. The van der Waals surface area contributed by atoms with Crippen LogP contribution in [0.4, 0.5) is 13.2 Å². The number of para-hydroxylation sites is 1. The first kappa shape index (κ1) is 17.1. The average Bonchev–Trinajstić information content (AvgIpc) is 2.27. The summed E-state index contributed by atoms with van der Waals surface area (Å²) in [4.78, 5) is 0. The van der Waals surface area contributed by atoms with E-state index in [1.165, 1.54) is 18.2 Å². The topological polar surface area (TPSA) is 35.2 Å². The standard InChI is InChI=1S/C12H16F3NO.ClH/c1-3-8(2)17-10-7-5-4-6-9(10)11(16)12(13,14)15;/h4-8,11H,3,16H2,1-2H3;1H/t8?,11-;/m0./s1. The van der Waals surface area contributed by atoms with Gasteiger partial charge < -0.3 is 10.5 Å². The largest absolute Gasteiger partial charge is 0.490 e. The lowest BCUT2D eigenvalue weighted by Crippen LogP contribution is -2.29. The van der Waals surface area contributed by atoms with Crippen molar-refractivity contribution in [1.82, 2.24) is 0 Å². The van der Waals surface area contributed by atoms with Crippen LogP contribution in [0.25, 0.3) is 0 Å². The average molecular weight is 284 g/mol. The summed E-state index contributed by atoms with van der Waals surface area (Å²) >= 11 is 0. The summed E-state index contributed by atoms with van der Waals surface area (Å²) in [6, 6.07) is 3.99. The first-order valence-corrected chi connectivity index (χ1v) is 5.44. The second kappa shape index (κ2) is 6.85. The fraction of sp³-hybridized carbons (Fsp3) is 0.500. The Balaban J connectivity index is 0.00000289. The van der Waals surface area contributed by atoms with Crippen LogP contribution in [0.2, 0.25) is 0 Å². The van der Waals surface area contributed by atoms with E-state index in [-0.39, 0.29) is 29.8 Å². The first-order chi connectivity index (χ1) is 7.86. The zero-order valence-electron chi connectivity index (χ0n) is 10.2. The van der Waals surface area contributed by atoms with Crippen LogP contribution < -0.4 is 10.5 Å². The van der Waals surface area contributed by atoms with Crippen molar-refractivity contribution in [1.29, 1.82) is 0 Å². The van der Waals surface area contributed by atoms with E-state index in [1.54, 1.807) is 13.0 Å². The molecule has 0 amide bonds. The van der Waals surface area contributed by atoms with Crippen LogP contribution in [0.1, 0.15) is 31.9 Å². The Morgan fingerprint density at radius 3 is 2.33 bits per heavy atom. The minimum Gasteiger partial charge on any atom is -0.490 e. The van der Waals surface area contributed by atoms with E-state index in [4.69, 9.17) is 10.5 Å². The molecular weight excluding hydrogens is 267 g/mol. The van der Waals surface area contributed by atoms with Gasteiger partial charge in [-0.05, 0) is 19.4 Å². The van der Waals surface area contributed by atoms with Gasteiger partial charge in [-0.2, -0.15) is 13.2 Å². The van der Waals surface area contributed by atoms with E-state index in [2.05, 4.69) is 0 Å². The molecule has 1 aromatic rings. The highest BCUT2D eigenvalue weighted by Gasteiger charge is 2.39. The van der Waals surface area contributed by atoms with Gasteiger partial charge in [-0.3, -0.25) is 0 Å². The molecule has 0 saturated carbocycles. The molecule has 2 nitrogen and oxygen atoms in total. The van der Waals surface area contributed by atoms with Gasteiger partial charge in [0.25, 0.3) is 0 Å². The van der Waals surface area contributed by atoms with Crippen LogP contribution in [0.3, 0.4) is 0 Å².